The van der Waals surface area contributed by atoms with E-state index in [2.05, 4.69) is 35.6 Å². The molecule has 0 atom stereocenters. The van der Waals surface area contributed by atoms with Crippen molar-refractivity contribution in [2.24, 2.45) is 0 Å². The first-order valence-corrected chi connectivity index (χ1v) is 11.2. The van der Waals surface area contributed by atoms with Crippen LogP contribution >= 0.6 is 18.5 Å². The smallest absolute Gasteiger partial charge is 0.185 e. The first-order valence-electron chi connectivity index (χ1n) is 7.63. The van der Waals surface area contributed by atoms with Crippen molar-refractivity contribution in [3.8, 4) is 0 Å². The molecule has 0 aliphatic carbocycles. The van der Waals surface area contributed by atoms with E-state index in [0.717, 1.165) is 44.0 Å². The molecule has 120 valence electrons. The highest BCUT2D eigenvalue weighted by atomic mass is 32.1. The largest absolute Gasteiger partial charge is 0.346 e. The summed E-state index contributed by atoms with van der Waals surface area (Å²) in [5.41, 5.74) is 0.182. The molecular formula is C15H28N3OPS. The summed E-state index contributed by atoms with van der Waals surface area (Å²) in [6, 6.07) is 0. The van der Waals surface area contributed by atoms with E-state index in [1.54, 1.807) is 0 Å². The summed E-state index contributed by atoms with van der Waals surface area (Å²) in [5, 5.41) is 1.15. The number of nitrogens with zero attached hydrogens (tertiary/aromatic N) is 3. The maximum absolute atomic E-state index is 11.8. The van der Waals surface area contributed by atoms with Gasteiger partial charge in [0.2, 0.25) is 0 Å². The maximum Gasteiger partial charge on any atom is 0.185 e. The maximum atomic E-state index is 11.8. The first-order chi connectivity index (χ1) is 9.65. The fraction of sp³-hybridized carbons (Fsp3) is 0.800. The van der Waals surface area contributed by atoms with Crippen LogP contribution in [0.15, 0.2) is 6.20 Å². The molecule has 1 aliphatic rings. The molecule has 0 aromatic carbocycles. The van der Waals surface area contributed by atoms with Gasteiger partial charge in [0.15, 0.2) is 5.13 Å². The Kier molecular flexibility index (Phi) is 5.17. The van der Waals surface area contributed by atoms with Gasteiger partial charge in [-0.3, -0.25) is 4.90 Å². The van der Waals surface area contributed by atoms with Gasteiger partial charge in [-0.2, -0.15) is 0 Å². The monoisotopic (exact) mass is 329 g/mol. The summed E-state index contributed by atoms with van der Waals surface area (Å²) in [6.45, 7) is 15.6. The predicted molar refractivity (Wildman–Crippen MR) is 93.8 cm³/mol. The quantitative estimate of drug-likeness (QED) is 0.795. The van der Waals surface area contributed by atoms with Crippen LogP contribution in [0.2, 0.25) is 0 Å². The van der Waals surface area contributed by atoms with E-state index in [1.165, 1.54) is 4.88 Å². The molecule has 0 spiro atoms. The van der Waals surface area contributed by atoms with Crippen molar-refractivity contribution in [3.05, 3.63) is 11.1 Å². The van der Waals surface area contributed by atoms with Gasteiger partial charge < -0.3 is 9.46 Å². The van der Waals surface area contributed by atoms with Gasteiger partial charge in [0.05, 0.1) is 7.14 Å². The summed E-state index contributed by atoms with van der Waals surface area (Å²) < 4.78 is 11.8. The lowest BCUT2D eigenvalue weighted by atomic mass is 9.96. The van der Waals surface area contributed by atoms with Crippen molar-refractivity contribution in [3.63, 3.8) is 0 Å². The molecule has 0 N–H and O–H groups in total. The number of rotatable bonds is 4. The number of aromatic nitrogens is 1. The minimum absolute atomic E-state index is 0.182. The molecule has 21 heavy (non-hydrogen) atoms. The molecule has 4 nitrogen and oxygen atoms in total. The fourth-order valence-electron chi connectivity index (χ4n) is 2.30. The third-order valence-electron chi connectivity index (χ3n) is 3.83. The molecule has 0 bridgehead atoms. The molecule has 1 fully saturated rings. The van der Waals surface area contributed by atoms with Gasteiger partial charge in [0.25, 0.3) is 0 Å². The Bertz CT molecular complexity index is 509. The predicted octanol–water partition coefficient (Wildman–Crippen LogP) is 3.19. The standard InChI is InChI=1S/C15H28N3OPS/c1-15(2,3)13-12-16-14(21-13)18-8-6-17(7-9-18)10-11-20(4,5)19/h12H,6-11H2,1-5H3. The molecule has 2 heterocycles. The average molecular weight is 329 g/mol. The van der Waals surface area contributed by atoms with Crippen LogP contribution in [0.3, 0.4) is 0 Å². The highest BCUT2D eigenvalue weighted by Gasteiger charge is 2.23. The number of hydrogen-bond acceptors (Lipinski definition) is 5. The van der Waals surface area contributed by atoms with Crippen molar-refractivity contribution in [1.82, 2.24) is 9.88 Å². The highest BCUT2D eigenvalue weighted by molar-refractivity contribution is 7.62. The lowest BCUT2D eigenvalue weighted by Crippen LogP contribution is -2.47. The van der Waals surface area contributed by atoms with E-state index in [-0.39, 0.29) is 5.41 Å². The zero-order valence-corrected chi connectivity index (χ0v) is 15.6. The van der Waals surface area contributed by atoms with E-state index < -0.39 is 7.14 Å². The van der Waals surface area contributed by atoms with Crippen LogP contribution in [0.5, 0.6) is 0 Å². The summed E-state index contributed by atoms with van der Waals surface area (Å²) in [7, 11) is -1.89. The molecule has 2 rings (SSSR count). The van der Waals surface area contributed by atoms with Crippen LogP contribution in [-0.4, -0.2) is 62.1 Å². The van der Waals surface area contributed by atoms with Gasteiger partial charge in [0.1, 0.15) is 0 Å². The van der Waals surface area contributed by atoms with Gasteiger partial charge in [-0.1, -0.05) is 20.8 Å². The van der Waals surface area contributed by atoms with Crippen LogP contribution in [-0.2, 0) is 9.98 Å². The van der Waals surface area contributed by atoms with Gasteiger partial charge in [0, 0.05) is 50.0 Å². The van der Waals surface area contributed by atoms with Gasteiger partial charge in [-0.05, 0) is 18.7 Å². The Balaban J connectivity index is 1.86. The average Bonchev–Trinajstić information content (AvgIpc) is 2.85. The molecule has 6 heteroatoms. The van der Waals surface area contributed by atoms with Gasteiger partial charge in [-0.25, -0.2) is 4.98 Å². The second-order valence-corrected chi connectivity index (χ2v) is 12.0. The van der Waals surface area contributed by atoms with Crippen LogP contribution in [0.25, 0.3) is 0 Å². The van der Waals surface area contributed by atoms with Gasteiger partial charge in [-0.15, -0.1) is 11.3 Å². The summed E-state index contributed by atoms with van der Waals surface area (Å²) in [6.07, 6.45) is 2.86. The number of hydrogen-bond donors (Lipinski definition) is 0. The van der Waals surface area contributed by atoms with Crippen LogP contribution in [0.4, 0.5) is 5.13 Å². The summed E-state index contributed by atoms with van der Waals surface area (Å²) >= 11 is 1.82. The zero-order valence-electron chi connectivity index (χ0n) is 13.9. The Morgan fingerprint density at radius 1 is 1.24 bits per heavy atom. The fourth-order valence-corrected chi connectivity index (χ4v) is 4.09. The van der Waals surface area contributed by atoms with E-state index in [9.17, 15) is 4.57 Å². The molecule has 0 saturated carbocycles. The normalized spacial score (nSPS) is 18.2. The zero-order chi connectivity index (χ0) is 15.7. The molecular weight excluding hydrogens is 301 g/mol. The Hall–Kier alpha value is -0.380. The van der Waals surface area contributed by atoms with Crippen molar-refractivity contribution in [2.45, 2.75) is 26.2 Å². The third kappa shape index (κ3) is 5.08. The SMILES string of the molecule is CC(C)(C)c1cnc(N2CCN(CCP(C)(C)=O)CC2)s1. The second-order valence-electron chi connectivity index (χ2n) is 7.38. The minimum Gasteiger partial charge on any atom is -0.346 e. The van der Waals surface area contributed by atoms with Crippen molar-refractivity contribution >= 4 is 23.6 Å². The molecule has 1 aromatic heterocycles. The second kappa shape index (κ2) is 6.39. The number of piperazine rings is 1. The summed E-state index contributed by atoms with van der Waals surface area (Å²) in [5.74, 6) is 0. The molecule has 0 unspecified atom stereocenters. The Morgan fingerprint density at radius 3 is 2.33 bits per heavy atom. The first kappa shape index (κ1) is 17.0. The van der Waals surface area contributed by atoms with Gasteiger partial charge >= 0.3 is 0 Å². The third-order valence-corrected chi connectivity index (χ3v) is 6.59. The molecule has 0 amide bonds. The van der Waals surface area contributed by atoms with Crippen molar-refractivity contribution < 1.29 is 4.57 Å². The number of thiazole rings is 1. The molecule has 0 radical (unpaired) electrons. The van der Waals surface area contributed by atoms with E-state index >= 15 is 0 Å². The molecule has 1 aromatic rings. The highest BCUT2D eigenvalue weighted by Crippen LogP contribution is 2.35. The summed E-state index contributed by atoms with van der Waals surface area (Å²) in [4.78, 5) is 10.8. The van der Waals surface area contributed by atoms with Crippen molar-refractivity contribution in [1.29, 1.82) is 0 Å². The lowest BCUT2D eigenvalue weighted by molar-refractivity contribution is 0.272. The van der Waals surface area contributed by atoms with Crippen LogP contribution in [0.1, 0.15) is 25.6 Å². The van der Waals surface area contributed by atoms with E-state index in [4.69, 9.17) is 0 Å². The minimum atomic E-state index is -1.89. The Morgan fingerprint density at radius 2 is 1.86 bits per heavy atom. The van der Waals surface area contributed by atoms with Crippen molar-refractivity contribution in [2.75, 3.05) is 57.1 Å². The Labute approximate surface area is 132 Å². The topological polar surface area (TPSA) is 36.4 Å². The van der Waals surface area contributed by atoms with Crippen LogP contribution < -0.4 is 4.90 Å². The molecule has 1 aliphatic heterocycles. The molecule has 1 saturated heterocycles. The van der Waals surface area contributed by atoms with E-state index in [0.29, 0.717) is 0 Å². The van der Waals surface area contributed by atoms with Crippen LogP contribution in [0, 0.1) is 0 Å². The number of anilines is 1. The lowest BCUT2D eigenvalue weighted by Gasteiger charge is -2.34. The van der Waals surface area contributed by atoms with E-state index in [1.807, 2.05) is 30.9 Å².